The number of benzene rings is 2. The Morgan fingerprint density at radius 3 is 1.96 bits per heavy atom. The second-order valence-corrected chi connectivity index (χ2v) is 5.69. The largest absolute Gasteiger partial charge is 0.493 e. The molecule has 0 aliphatic heterocycles. The van der Waals surface area contributed by atoms with Gasteiger partial charge in [-0.15, -0.1) is 0 Å². The Kier molecular flexibility index (Phi) is 6.72. The van der Waals surface area contributed by atoms with Gasteiger partial charge in [-0.25, -0.2) is 0 Å². The van der Waals surface area contributed by atoms with Crippen LogP contribution in [0.3, 0.4) is 0 Å². The Morgan fingerprint density at radius 2 is 1.46 bits per heavy atom. The van der Waals surface area contributed by atoms with E-state index in [-0.39, 0.29) is 6.10 Å². The van der Waals surface area contributed by atoms with Crippen LogP contribution in [0.5, 0.6) is 28.7 Å². The normalized spacial score (nSPS) is 11.4. The van der Waals surface area contributed by atoms with Crippen LogP contribution in [0.25, 0.3) is 0 Å². The SMILES string of the molecule is COc1cc(C=O)ccc1OC(C)Cc1cc(OC)c(OC)c(OC)c1. The van der Waals surface area contributed by atoms with Crippen molar-refractivity contribution >= 4 is 6.29 Å². The zero-order chi connectivity index (χ0) is 19.1. The van der Waals surface area contributed by atoms with E-state index in [1.807, 2.05) is 19.1 Å². The fourth-order valence-corrected chi connectivity index (χ4v) is 2.70. The van der Waals surface area contributed by atoms with E-state index in [9.17, 15) is 4.79 Å². The highest BCUT2D eigenvalue weighted by atomic mass is 16.5. The number of hydrogen-bond donors (Lipinski definition) is 0. The molecule has 2 aromatic rings. The lowest BCUT2D eigenvalue weighted by Gasteiger charge is -2.19. The number of carbonyl (C=O) groups is 1. The van der Waals surface area contributed by atoms with Gasteiger partial charge in [-0.1, -0.05) is 0 Å². The molecular formula is C20H24O6. The molecule has 0 amide bonds. The monoisotopic (exact) mass is 360 g/mol. The molecule has 1 unspecified atom stereocenters. The minimum absolute atomic E-state index is 0.145. The molecular weight excluding hydrogens is 336 g/mol. The van der Waals surface area contributed by atoms with E-state index in [2.05, 4.69) is 0 Å². The average Bonchev–Trinajstić information content (AvgIpc) is 2.67. The van der Waals surface area contributed by atoms with Gasteiger partial charge in [-0.05, 0) is 42.8 Å². The van der Waals surface area contributed by atoms with E-state index in [1.54, 1.807) is 46.6 Å². The van der Waals surface area contributed by atoms with Crippen molar-refractivity contribution in [3.05, 3.63) is 41.5 Å². The molecule has 0 aliphatic rings. The van der Waals surface area contributed by atoms with Crippen molar-refractivity contribution in [2.45, 2.75) is 19.4 Å². The lowest BCUT2D eigenvalue weighted by Crippen LogP contribution is -2.16. The quantitative estimate of drug-likeness (QED) is 0.638. The molecule has 26 heavy (non-hydrogen) atoms. The summed E-state index contributed by atoms with van der Waals surface area (Å²) in [5, 5.41) is 0. The molecule has 6 heteroatoms. The molecule has 0 saturated carbocycles. The van der Waals surface area contributed by atoms with Crippen molar-refractivity contribution in [2.75, 3.05) is 28.4 Å². The van der Waals surface area contributed by atoms with E-state index in [4.69, 9.17) is 23.7 Å². The van der Waals surface area contributed by atoms with E-state index in [1.165, 1.54) is 0 Å². The summed E-state index contributed by atoms with van der Waals surface area (Å²) in [6.07, 6.45) is 1.25. The summed E-state index contributed by atoms with van der Waals surface area (Å²) in [7, 11) is 6.28. The molecule has 0 aromatic heterocycles. The Balaban J connectivity index is 2.20. The van der Waals surface area contributed by atoms with Gasteiger partial charge in [0.2, 0.25) is 5.75 Å². The average molecular weight is 360 g/mol. The summed E-state index contributed by atoms with van der Waals surface area (Å²) in [5.41, 5.74) is 1.52. The van der Waals surface area contributed by atoms with Gasteiger partial charge < -0.3 is 23.7 Å². The second kappa shape index (κ2) is 8.99. The fourth-order valence-electron chi connectivity index (χ4n) is 2.70. The lowest BCUT2D eigenvalue weighted by atomic mass is 10.1. The molecule has 2 aromatic carbocycles. The first-order valence-corrected chi connectivity index (χ1v) is 8.15. The zero-order valence-corrected chi connectivity index (χ0v) is 15.7. The van der Waals surface area contributed by atoms with Gasteiger partial charge in [-0.3, -0.25) is 4.79 Å². The molecule has 0 saturated heterocycles. The Hall–Kier alpha value is -2.89. The molecule has 140 valence electrons. The van der Waals surface area contributed by atoms with Crippen LogP contribution >= 0.6 is 0 Å². The zero-order valence-electron chi connectivity index (χ0n) is 15.7. The van der Waals surface area contributed by atoms with Crippen LogP contribution in [0.15, 0.2) is 30.3 Å². The van der Waals surface area contributed by atoms with Crippen LogP contribution in [0.4, 0.5) is 0 Å². The maximum Gasteiger partial charge on any atom is 0.203 e. The Labute approximate surface area is 153 Å². The molecule has 0 radical (unpaired) electrons. The second-order valence-electron chi connectivity index (χ2n) is 5.69. The van der Waals surface area contributed by atoms with E-state index in [0.717, 1.165) is 11.8 Å². The number of methoxy groups -OCH3 is 4. The number of carbonyl (C=O) groups excluding carboxylic acids is 1. The molecule has 0 heterocycles. The highest BCUT2D eigenvalue weighted by Gasteiger charge is 2.16. The lowest BCUT2D eigenvalue weighted by molar-refractivity contribution is 0.112. The minimum atomic E-state index is -0.145. The van der Waals surface area contributed by atoms with Crippen LogP contribution in [-0.4, -0.2) is 40.8 Å². The van der Waals surface area contributed by atoms with Crippen LogP contribution in [-0.2, 0) is 6.42 Å². The molecule has 0 bridgehead atoms. The first kappa shape index (κ1) is 19.4. The van der Waals surface area contributed by atoms with Crippen LogP contribution in [0.2, 0.25) is 0 Å². The summed E-state index contributed by atoms with van der Waals surface area (Å²) < 4.78 is 27.4. The minimum Gasteiger partial charge on any atom is -0.493 e. The number of hydrogen-bond acceptors (Lipinski definition) is 6. The number of aldehydes is 1. The molecule has 0 aliphatic carbocycles. The standard InChI is InChI=1S/C20H24O6/c1-13(26-16-7-6-14(12-21)9-17(16)22-2)8-15-10-18(23-3)20(25-5)19(11-15)24-4/h6-7,9-13H,8H2,1-5H3. The van der Waals surface area contributed by atoms with Crippen LogP contribution in [0.1, 0.15) is 22.8 Å². The fraction of sp³-hybridized carbons (Fsp3) is 0.350. The van der Waals surface area contributed by atoms with Gasteiger partial charge in [0.15, 0.2) is 23.0 Å². The Bertz CT molecular complexity index is 731. The van der Waals surface area contributed by atoms with Crippen LogP contribution in [0, 0.1) is 0 Å². The molecule has 0 N–H and O–H groups in total. The van der Waals surface area contributed by atoms with Gasteiger partial charge >= 0.3 is 0 Å². The van der Waals surface area contributed by atoms with Crippen LogP contribution < -0.4 is 23.7 Å². The predicted octanol–water partition coefficient (Wildman–Crippen LogP) is 3.54. The van der Waals surface area contributed by atoms with Crippen molar-refractivity contribution in [1.82, 2.24) is 0 Å². The topological polar surface area (TPSA) is 63.2 Å². The summed E-state index contributed by atoms with van der Waals surface area (Å²) in [5.74, 6) is 2.85. The smallest absolute Gasteiger partial charge is 0.203 e. The molecule has 0 spiro atoms. The van der Waals surface area contributed by atoms with Crippen molar-refractivity contribution < 1.29 is 28.5 Å². The van der Waals surface area contributed by atoms with Crippen molar-refractivity contribution in [1.29, 1.82) is 0 Å². The van der Waals surface area contributed by atoms with Crippen molar-refractivity contribution in [2.24, 2.45) is 0 Å². The van der Waals surface area contributed by atoms with Gasteiger partial charge in [0, 0.05) is 12.0 Å². The maximum atomic E-state index is 10.9. The highest BCUT2D eigenvalue weighted by molar-refractivity contribution is 5.76. The summed E-state index contributed by atoms with van der Waals surface area (Å²) in [6.45, 7) is 1.95. The summed E-state index contributed by atoms with van der Waals surface area (Å²) in [4.78, 5) is 10.9. The predicted molar refractivity (Wildman–Crippen MR) is 98.3 cm³/mol. The summed E-state index contributed by atoms with van der Waals surface area (Å²) >= 11 is 0. The number of ether oxygens (including phenoxy) is 5. The maximum absolute atomic E-state index is 10.9. The third-order valence-electron chi connectivity index (χ3n) is 3.90. The third-order valence-corrected chi connectivity index (χ3v) is 3.90. The van der Waals surface area contributed by atoms with Crippen molar-refractivity contribution in [3.63, 3.8) is 0 Å². The summed E-state index contributed by atoms with van der Waals surface area (Å²) in [6, 6.07) is 8.86. The van der Waals surface area contributed by atoms with E-state index < -0.39 is 0 Å². The van der Waals surface area contributed by atoms with E-state index >= 15 is 0 Å². The Morgan fingerprint density at radius 1 is 0.846 bits per heavy atom. The van der Waals surface area contributed by atoms with Gasteiger partial charge in [0.25, 0.3) is 0 Å². The molecule has 1 atom stereocenters. The molecule has 0 fully saturated rings. The number of rotatable bonds is 9. The van der Waals surface area contributed by atoms with Gasteiger partial charge in [-0.2, -0.15) is 0 Å². The third kappa shape index (κ3) is 4.39. The molecule has 2 rings (SSSR count). The van der Waals surface area contributed by atoms with Gasteiger partial charge in [0.1, 0.15) is 12.4 Å². The first-order chi connectivity index (χ1) is 12.6. The van der Waals surface area contributed by atoms with Crippen molar-refractivity contribution in [3.8, 4) is 28.7 Å². The van der Waals surface area contributed by atoms with Gasteiger partial charge in [0.05, 0.1) is 28.4 Å². The highest BCUT2D eigenvalue weighted by Crippen LogP contribution is 2.38. The molecule has 6 nitrogen and oxygen atoms in total. The first-order valence-electron chi connectivity index (χ1n) is 8.15. The van der Waals surface area contributed by atoms with E-state index in [0.29, 0.717) is 40.7 Å².